The van der Waals surface area contributed by atoms with E-state index >= 15 is 0 Å². The average molecular weight is 802 g/mol. The summed E-state index contributed by atoms with van der Waals surface area (Å²) in [4.78, 5) is 53.3. The van der Waals surface area contributed by atoms with Crippen LogP contribution in [0.2, 0.25) is 0 Å². The molecule has 0 bridgehead atoms. The Kier molecular flexibility index (Phi) is 17.0. The maximum atomic E-state index is 13.4. The fourth-order valence-corrected chi connectivity index (χ4v) is 6.83. The molecule has 0 unspecified atom stereocenters. The molecular weight excluding hydrogens is 755 g/mol. The molecule has 1 aliphatic carbocycles. The summed E-state index contributed by atoms with van der Waals surface area (Å²) in [5.41, 5.74) is 1.20. The van der Waals surface area contributed by atoms with Gasteiger partial charge in [0.25, 0.3) is 6.47 Å². The van der Waals surface area contributed by atoms with Crippen LogP contribution in [0.4, 0.5) is 5.13 Å². The topological polar surface area (TPSA) is 161 Å². The molecule has 1 heterocycles. The van der Waals surface area contributed by atoms with Gasteiger partial charge in [0, 0.05) is 18.7 Å². The number of unbranched alkanes of at least 4 members (excludes halogenated alkanes) is 3. The van der Waals surface area contributed by atoms with Crippen molar-refractivity contribution in [1.82, 2.24) is 4.98 Å². The molecule has 15 heteroatoms. The van der Waals surface area contributed by atoms with Crippen molar-refractivity contribution >= 4 is 57.3 Å². The summed E-state index contributed by atoms with van der Waals surface area (Å²) in [5, 5.41) is 6.80. The molecule has 3 aromatic carbocycles. The van der Waals surface area contributed by atoms with Crippen LogP contribution in [0.1, 0.15) is 56.9 Å². The maximum absolute atomic E-state index is 13.4. The Hall–Kier alpha value is -5.64. The van der Waals surface area contributed by atoms with Crippen LogP contribution >= 0.6 is 11.3 Å². The van der Waals surface area contributed by atoms with E-state index in [4.69, 9.17) is 33.2 Å². The lowest BCUT2D eigenvalue weighted by molar-refractivity contribution is -0.145. The zero-order chi connectivity index (χ0) is 40.2. The Bertz CT molecular complexity index is 1930. The number of ether oxygens (including phenoxy) is 7. The first-order valence-corrected chi connectivity index (χ1v) is 19.6. The van der Waals surface area contributed by atoms with Crippen molar-refractivity contribution in [3.05, 3.63) is 84.9 Å². The van der Waals surface area contributed by atoms with Gasteiger partial charge < -0.3 is 33.2 Å². The van der Waals surface area contributed by atoms with Crippen LogP contribution in [0.5, 0.6) is 23.0 Å². The van der Waals surface area contributed by atoms with Crippen LogP contribution in [-0.2, 0) is 33.4 Å². The Balaban J connectivity index is 1.11. The minimum atomic E-state index is -0.434. The lowest BCUT2D eigenvalue weighted by atomic mass is 9.82. The third kappa shape index (κ3) is 13.5. The highest BCUT2D eigenvalue weighted by atomic mass is 32.1. The SMILES string of the molecule is C=CC(=O)OCCCCCCOc1ccc(OC(=O)C2CCC(C(=O)Oc3ccc(OC=O)cc3/C=N/N(COCCOC)c3nc4ccccc4s3)CC2)cc1. The van der Waals surface area contributed by atoms with Crippen molar-refractivity contribution in [3.63, 3.8) is 0 Å². The average Bonchev–Trinajstić information content (AvgIpc) is 3.67. The molecule has 1 saturated carbocycles. The second-order valence-corrected chi connectivity index (χ2v) is 14.1. The quantitative estimate of drug-likeness (QED) is 0.0108. The number of hydrogen-bond acceptors (Lipinski definition) is 15. The number of anilines is 1. The molecule has 1 fully saturated rings. The van der Waals surface area contributed by atoms with E-state index in [-0.39, 0.29) is 30.1 Å². The molecule has 1 aliphatic rings. The van der Waals surface area contributed by atoms with Crippen LogP contribution in [0.15, 0.2) is 84.5 Å². The highest BCUT2D eigenvalue weighted by molar-refractivity contribution is 7.22. The second kappa shape index (κ2) is 22.8. The minimum absolute atomic E-state index is 0.0754. The van der Waals surface area contributed by atoms with E-state index in [9.17, 15) is 19.2 Å². The van der Waals surface area contributed by atoms with Gasteiger partial charge in [-0.15, -0.1) is 0 Å². The molecule has 1 aromatic heterocycles. The zero-order valence-corrected chi connectivity index (χ0v) is 32.7. The number of aromatic nitrogens is 1. The third-order valence-electron chi connectivity index (χ3n) is 9.02. The van der Waals surface area contributed by atoms with Crippen molar-refractivity contribution in [3.8, 4) is 23.0 Å². The van der Waals surface area contributed by atoms with Gasteiger partial charge in [0.15, 0.2) is 0 Å². The smallest absolute Gasteiger partial charge is 0.330 e. The first kappa shape index (κ1) is 42.5. The van der Waals surface area contributed by atoms with E-state index in [2.05, 4.69) is 16.7 Å². The molecule has 0 amide bonds. The Labute approximate surface area is 335 Å². The second-order valence-electron chi connectivity index (χ2n) is 13.0. The molecule has 0 radical (unpaired) electrons. The number of methoxy groups -OCH3 is 1. The summed E-state index contributed by atoms with van der Waals surface area (Å²) >= 11 is 1.44. The summed E-state index contributed by atoms with van der Waals surface area (Å²) in [5.74, 6) is -0.409. The van der Waals surface area contributed by atoms with Gasteiger partial charge in [-0.3, -0.25) is 14.4 Å². The lowest BCUT2D eigenvalue weighted by Crippen LogP contribution is -2.30. The van der Waals surface area contributed by atoms with Gasteiger partial charge in [0.05, 0.1) is 54.7 Å². The fraction of sp³-hybridized carbons (Fsp3) is 0.381. The Morgan fingerprint density at radius 3 is 2.23 bits per heavy atom. The highest BCUT2D eigenvalue weighted by Crippen LogP contribution is 2.33. The zero-order valence-electron chi connectivity index (χ0n) is 31.9. The van der Waals surface area contributed by atoms with Crippen molar-refractivity contribution in [2.24, 2.45) is 16.9 Å². The summed E-state index contributed by atoms with van der Waals surface area (Å²) in [6, 6.07) is 19.3. The standard InChI is InChI=1S/C42H47N3O11S/c1-3-39(47)53-23-9-5-4-8-22-52-33-16-18-34(19-17-33)55-40(48)30-12-14-31(15-13-30)41(49)56-37-21-20-35(54-29-46)26-32(37)27-43-45(28-51-25-24-50-2)42-44-36-10-6-7-11-38(36)57-42/h3,6-7,10-11,16-21,26-27,29-31H,1,4-5,8-9,12-15,22-25,28H2,2H3/b43-27+. The van der Waals surface area contributed by atoms with Gasteiger partial charge in [-0.1, -0.05) is 30.0 Å². The molecule has 0 saturated heterocycles. The number of hydrazone groups is 1. The molecule has 0 spiro atoms. The molecule has 0 atom stereocenters. The number of benzene rings is 3. The Morgan fingerprint density at radius 1 is 0.842 bits per heavy atom. The van der Waals surface area contributed by atoms with Crippen molar-refractivity contribution in [1.29, 1.82) is 0 Å². The van der Waals surface area contributed by atoms with Gasteiger partial charge in [-0.05, 0) is 106 Å². The molecule has 0 aliphatic heterocycles. The van der Waals surface area contributed by atoms with Crippen LogP contribution < -0.4 is 24.0 Å². The van der Waals surface area contributed by atoms with Crippen LogP contribution in [-0.4, -0.2) is 75.8 Å². The highest BCUT2D eigenvalue weighted by Gasteiger charge is 2.32. The van der Waals surface area contributed by atoms with E-state index in [1.165, 1.54) is 23.6 Å². The van der Waals surface area contributed by atoms with Gasteiger partial charge in [0.1, 0.15) is 29.7 Å². The van der Waals surface area contributed by atoms with Gasteiger partial charge in [0.2, 0.25) is 5.13 Å². The van der Waals surface area contributed by atoms with E-state index in [1.807, 2.05) is 24.3 Å². The molecule has 14 nitrogen and oxygen atoms in total. The van der Waals surface area contributed by atoms with Crippen molar-refractivity contribution < 1.29 is 52.3 Å². The first-order valence-electron chi connectivity index (χ1n) is 18.8. The predicted molar refractivity (Wildman–Crippen MR) is 214 cm³/mol. The van der Waals surface area contributed by atoms with E-state index in [0.717, 1.165) is 42.0 Å². The van der Waals surface area contributed by atoms with E-state index in [0.29, 0.717) is 80.8 Å². The number of rotatable bonds is 23. The summed E-state index contributed by atoms with van der Waals surface area (Å²) < 4.78 is 39.2. The first-order chi connectivity index (χ1) is 27.9. The third-order valence-corrected chi connectivity index (χ3v) is 10.1. The molecule has 4 aromatic rings. The number of carbonyl (C=O) groups is 4. The molecule has 0 N–H and O–H groups in total. The van der Waals surface area contributed by atoms with Crippen molar-refractivity contribution in [2.75, 3.05) is 45.3 Å². The largest absolute Gasteiger partial charge is 0.494 e. The lowest BCUT2D eigenvalue weighted by Gasteiger charge is -2.26. The van der Waals surface area contributed by atoms with Gasteiger partial charge in [-0.2, -0.15) is 5.10 Å². The number of fused-ring (bicyclic) bond motifs is 1. The summed E-state index contributed by atoms with van der Waals surface area (Å²) in [6.07, 6.45) is 8.00. The normalized spacial score (nSPS) is 15.2. The fourth-order valence-electron chi connectivity index (χ4n) is 5.92. The molecule has 5 rings (SSSR count). The number of para-hydroxylation sites is 1. The minimum Gasteiger partial charge on any atom is -0.494 e. The number of thiazole rings is 1. The van der Waals surface area contributed by atoms with Gasteiger partial charge in [-0.25, -0.2) is 14.8 Å². The number of carbonyl (C=O) groups excluding carboxylic acids is 4. The number of hydrogen-bond donors (Lipinski definition) is 0. The van der Waals surface area contributed by atoms with Crippen LogP contribution in [0.25, 0.3) is 10.2 Å². The van der Waals surface area contributed by atoms with Crippen LogP contribution in [0, 0.1) is 11.8 Å². The van der Waals surface area contributed by atoms with Crippen LogP contribution in [0.3, 0.4) is 0 Å². The predicted octanol–water partition coefficient (Wildman–Crippen LogP) is 7.28. The monoisotopic (exact) mass is 801 g/mol. The number of esters is 3. The maximum Gasteiger partial charge on any atom is 0.330 e. The molecule has 57 heavy (non-hydrogen) atoms. The van der Waals surface area contributed by atoms with E-state index < -0.39 is 17.9 Å². The van der Waals surface area contributed by atoms with E-state index in [1.54, 1.807) is 48.5 Å². The van der Waals surface area contributed by atoms with Crippen molar-refractivity contribution in [2.45, 2.75) is 51.4 Å². The molecule has 302 valence electrons. The number of nitrogens with zero attached hydrogens (tertiary/aromatic N) is 3. The molecular formula is C42H47N3O11S. The Morgan fingerprint density at radius 2 is 1.53 bits per heavy atom. The summed E-state index contributed by atoms with van der Waals surface area (Å²) in [7, 11) is 1.59. The van der Waals surface area contributed by atoms with Gasteiger partial charge >= 0.3 is 17.9 Å². The summed E-state index contributed by atoms with van der Waals surface area (Å²) in [6.45, 7) is 5.43.